The average molecular weight is 256 g/mol. The summed E-state index contributed by atoms with van der Waals surface area (Å²) in [5.74, 6) is -1.69. The minimum atomic E-state index is -4.37. The topological polar surface area (TPSA) is 37.3 Å². The predicted octanol–water partition coefficient (Wildman–Crippen LogP) is 1.99. The van der Waals surface area contributed by atoms with Gasteiger partial charge in [-0.1, -0.05) is 6.42 Å². The van der Waals surface area contributed by atoms with Crippen LogP contribution in [0.2, 0.25) is 0 Å². The number of aliphatic hydroxyl groups is 1. The Balaban J connectivity index is 2.22. The molecule has 0 spiro atoms. The molecule has 6 heteroatoms. The van der Waals surface area contributed by atoms with Crippen molar-refractivity contribution in [3.63, 3.8) is 0 Å². The largest absolute Gasteiger partial charge is 0.394 e. The van der Waals surface area contributed by atoms with Crippen molar-refractivity contribution in [2.45, 2.75) is 54.9 Å². The molecule has 1 N–H and O–H groups in total. The van der Waals surface area contributed by atoms with E-state index in [1.165, 1.54) is 0 Å². The first kappa shape index (κ1) is 12.4. The molecule has 2 heterocycles. The van der Waals surface area contributed by atoms with Gasteiger partial charge in [-0.05, 0) is 25.7 Å². The van der Waals surface area contributed by atoms with Crippen molar-refractivity contribution in [1.29, 1.82) is 0 Å². The molecule has 2 aliphatic heterocycles. The Morgan fingerprint density at radius 2 is 1.69 bits per heavy atom. The highest BCUT2D eigenvalue weighted by molar-refractivity contribution is 7.86. The van der Waals surface area contributed by atoms with E-state index < -0.39 is 29.0 Å². The molecule has 2 rings (SSSR count). The predicted molar refractivity (Wildman–Crippen MR) is 54.4 cm³/mol. The first-order valence-electron chi connectivity index (χ1n) is 5.53. The molecule has 2 nitrogen and oxygen atoms in total. The Morgan fingerprint density at radius 1 is 1.12 bits per heavy atom. The van der Waals surface area contributed by atoms with Crippen molar-refractivity contribution in [2.24, 2.45) is 5.92 Å². The van der Waals surface area contributed by atoms with Crippen LogP contribution < -0.4 is 0 Å². The van der Waals surface area contributed by atoms with Crippen LogP contribution in [0.15, 0.2) is 0 Å². The highest BCUT2D eigenvalue weighted by Gasteiger charge is 2.50. The van der Waals surface area contributed by atoms with Crippen molar-refractivity contribution >= 4 is 10.8 Å². The standard InChI is InChI=1S/C10H15F3O2S/c11-10(12,13)8-4-6-2-1-3-7(16(6)15)5-9(8)14/h6-9,14H,1-5H2. The molecule has 2 bridgehead atoms. The van der Waals surface area contributed by atoms with Gasteiger partial charge in [0.15, 0.2) is 0 Å². The van der Waals surface area contributed by atoms with Gasteiger partial charge >= 0.3 is 6.18 Å². The minimum absolute atomic E-state index is 0.0350. The molecule has 0 aromatic carbocycles. The molecular weight excluding hydrogens is 241 g/mol. The number of halogens is 3. The minimum Gasteiger partial charge on any atom is -0.392 e. The summed E-state index contributed by atoms with van der Waals surface area (Å²) >= 11 is 0. The quantitative estimate of drug-likeness (QED) is 0.719. The third-order valence-corrected chi connectivity index (χ3v) is 5.79. The molecule has 0 saturated carbocycles. The van der Waals surface area contributed by atoms with Crippen LogP contribution in [-0.4, -0.2) is 32.1 Å². The maximum Gasteiger partial charge on any atom is 0.394 e. The zero-order valence-corrected chi connectivity index (χ0v) is 9.56. The molecule has 0 radical (unpaired) electrons. The van der Waals surface area contributed by atoms with Crippen LogP contribution in [0.25, 0.3) is 0 Å². The van der Waals surface area contributed by atoms with Crippen molar-refractivity contribution in [2.75, 3.05) is 0 Å². The Bertz CT molecular complexity index is 292. The summed E-state index contributed by atoms with van der Waals surface area (Å²) in [5.41, 5.74) is 0. The second-order valence-corrected chi connectivity index (χ2v) is 6.68. The van der Waals surface area contributed by atoms with Crippen LogP contribution in [0.5, 0.6) is 0 Å². The summed E-state index contributed by atoms with van der Waals surface area (Å²) in [6.45, 7) is 0. The van der Waals surface area contributed by atoms with Crippen LogP contribution in [0.1, 0.15) is 32.1 Å². The van der Waals surface area contributed by atoms with Gasteiger partial charge in [0.1, 0.15) is 0 Å². The van der Waals surface area contributed by atoms with Gasteiger partial charge in [0.2, 0.25) is 0 Å². The maximum absolute atomic E-state index is 12.7. The monoisotopic (exact) mass is 256 g/mol. The molecule has 5 atom stereocenters. The van der Waals surface area contributed by atoms with Crippen molar-refractivity contribution in [1.82, 2.24) is 0 Å². The van der Waals surface area contributed by atoms with Crippen LogP contribution >= 0.6 is 0 Å². The normalized spacial score (nSPS) is 45.1. The van der Waals surface area contributed by atoms with E-state index >= 15 is 0 Å². The second kappa shape index (κ2) is 4.29. The lowest BCUT2D eigenvalue weighted by molar-refractivity contribution is -0.201. The SMILES string of the molecule is O=S1C2CCCC1CC(C(F)(F)F)C(O)C2. The van der Waals surface area contributed by atoms with Crippen LogP contribution in [0.3, 0.4) is 0 Å². The first-order chi connectivity index (χ1) is 7.39. The molecule has 16 heavy (non-hydrogen) atoms. The van der Waals surface area contributed by atoms with Gasteiger partial charge in [-0.3, -0.25) is 4.21 Å². The fourth-order valence-electron chi connectivity index (χ4n) is 2.73. The van der Waals surface area contributed by atoms with Gasteiger partial charge in [-0.25, -0.2) is 0 Å². The van der Waals surface area contributed by atoms with E-state index in [1.807, 2.05) is 0 Å². The van der Waals surface area contributed by atoms with Gasteiger partial charge in [0, 0.05) is 21.3 Å². The van der Waals surface area contributed by atoms with E-state index in [-0.39, 0.29) is 23.3 Å². The summed E-state index contributed by atoms with van der Waals surface area (Å²) in [6, 6.07) is 0. The summed E-state index contributed by atoms with van der Waals surface area (Å²) in [5, 5.41) is 8.99. The van der Waals surface area contributed by atoms with Crippen LogP contribution in [0.4, 0.5) is 13.2 Å². The van der Waals surface area contributed by atoms with Crippen molar-refractivity contribution < 1.29 is 22.5 Å². The molecule has 2 fully saturated rings. The molecule has 2 aliphatic rings. The van der Waals surface area contributed by atoms with Crippen molar-refractivity contribution in [3.8, 4) is 0 Å². The zero-order chi connectivity index (χ0) is 11.9. The van der Waals surface area contributed by atoms with E-state index in [4.69, 9.17) is 0 Å². The van der Waals surface area contributed by atoms with Gasteiger partial charge in [0.05, 0.1) is 12.0 Å². The summed E-state index contributed by atoms with van der Waals surface area (Å²) in [4.78, 5) is 0. The van der Waals surface area contributed by atoms with Gasteiger partial charge in [-0.2, -0.15) is 13.2 Å². The number of hydrogen-bond acceptors (Lipinski definition) is 2. The summed E-state index contributed by atoms with van der Waals surface area (Å²) in [6.07, 6.45) is -3.77. The summed E-state index contributed by atoms with van der Waals surface area (Å²) < 4.78 is 50.0. The molecule has 0 amide bonds. The number of rotatable bonds is 0. The average Bonchev–Trinajstić information content (AvgIpc) is 2.25. The zero-order valence-electron chi connectivity index (χ0n) is 8.74. The lowest BCUT2D eigenvalue weighted by atomic mass is 9.93. The van der Waals surface area contributed by atoms with E-state index in [0.29, 0.717) is 12.8 Å². The third-order valence-electron chi connectivity index (χ3n) is 3.62. The molecular formula is C10H15F3O2S. The van der Waals surface area contributed by atoms with E-state index in [0.717, 1.165) is 6.42 Å². The Kier molecular flexibility index (Phi) is 3.32. The summed E-state index contributed by atoms with van der Waals surface area (Å²) in [7, 11) is -1.19. The fraction of sp³-hybridized carbons (Fsp3) is 1.00. The maximum atomic E-state index is 12.7. The second-order valence-electron chi connectivity index (χ2n) is 4.69. The number of fused-ring (bicyclic) bond motifs is 2. The van der Waals surface area contributed by atoms with E-state index in [9.17, 15) is 22.5 Å². The molecule has 94 valence electrons. The van der Waals surface area contributed by atoms with Crippen molar-refractivity contribution in [3.05, 3.63) is 0 Å². The number of hydrogen-bond donors (Lipinski definition) is 1. The molecule has 0 aromatic heterocycles. The van der Waals surface area contributed by atoms with Gasteiger partial charge < -0.3 is 5.11 Å². The molecule has 2 saturated heterocycles. The highest BCUT2D eigenvalue weighted by Crippen LogP contribution is 2.41. The number of alkyl halides is 3. The Hall–Kier alpha value is -0.100. The van der Waals surface area contributed by atoms with Gasteiger partial charge in [0.25, 0.3) is 0 Å². The molecule has 0 aliphatic carbocycles. The lowest BCUT2D eigenvalue weighted by Gasteiger charge is -2.26. The molecule has 0 aromatic rings. The van der Waals surface area contributed by atoms with E-state index in [2.05, 4.69) is 0 Å². The number of aliphatic hydroxyl groups excluding tert-OH is 1. The third kappa shape index (κ3) is 2.27. The van der Waals surface area contributed by atoms with E-state index in [1.54, 1.807) is 0 Å². The first-order valence-corrected chi connectivity index (χ1v) is 6.81. The Morgan fingerprint density at radius 3 is 2.25 bits per heavy atom. The smallest absolute Gasteiger partial charge is 0.392 e. The highest BCUT2D eigenvalue weighted by atomic mass is 32.2. The molecule has 5 unspecified atom stereocenters. The Labute approximate surface area is 94.7 Å². The fourth-order valence-corrected chi connectivity index (χ4v) is 4.85. The van der Waals surface area contributed by atoms with Crippen LogP contribution in [0, 0.1) is 5.92 Å². The van der Waals surface area contributed by atoms with Crippen LogP contribution in [-0.2, 0) is 10.8 Å². The lowest BCUT2D eigenvalue weighted by Crippen LogP contribution is -2.35. The van der Waals surface area contributed by atoms with Gasteiger partial charge in [-0.15, -0.1) is 0 Å².